The number of carboxylic acids is 1. The van der Waals surface area contributed by atoms with Crippen molar-refractivity contribution in [3.63, 3.8) is 0 Å². The van der Waals surface area contributed by atoms with Gasteiger partial charge in [-0.15, -0.1) is 0 Å². The molecule has 0 saturated heterocycles. The number of aliphatic carboxylic acids is 1. The molecule has 94 valence electrons. The first-order valence-electron chi connectivity index (χ1n) is 6.10. The Morgan fingerprint density at radius 3 is 2.24 bits per heavy atom. The summed E-state index contributed by atoms with van der Waals surface area (Å²) in [6.45, 7) is 4.21. The number of hydrogen-bond acceptors (Lipinski definition) is 2. The van der Waals surface area contributed by atoms with Crippen molar-refractivity contribution in [3.8, 4) is 0 Å². The average Bonchev–Trinajstić information content (AvgIpc) is 2.85. The molecule has 0 aromatic heterocycles. The van der Waals surface area contributed by atoms with Crippen LogP contribution in [0.1, 0.15) is 33.1 Å². The highest BCUT2D eigenvalue weighted by atomic mass is 16.4. The first-order chi connectivity index (χ1) is 7.92. The molecule has 3 unspecified atom stereocenters. The normalized spacial score (nSPS) is 34.1. The molecule has 0 aromatic rings. The number of hydrogen-bond donors (Lipinski definition) is 2. The minimum absolute atomic E-state index is 0.0997. The van der Waals surface area contributed by atoms with E-state index in [0.717, 1.165) is 6.42 Å². The summed E-state index contributed by atoms with van der Waals surface area (Å²) in [5.74, 6) is -1.95. The fourth-order valence-corrected chi connectivity index (χ4v) is 2.37. The molecule has 1 amide bonds. The molecule has 4 heteroatoms. The van der Waals surface area contributed by atoms with Gasteiger partial charge in [0.2, 0.25) is 5.91 Å². The molecule has 1 fully saturated rings. The second-order valence-electron chi connectivity index (χ2n) is 5.75. The Balaban J connectivity index is 1.98. The summed E-state index contributed by atoms with van der Waals surface area (Å²) in [4.78, 5) is 23.1. The second-order valence-corrected chi connectivity index (χ2v) is 5.75. The van der Waals surface area contributed by atoms with Gasteiger partial charge in [0.15, 0.2) is 0 Å². The van der Waals surface area contributed by atoms with Gasteiger partial charge in [-0.1, -0.05) is 26.0 Å². The fourth-order valence-electron chi connectivity index (χ4n) is 2.37. The third-order valence-corrected chi connectivity index (χ3v) is 3.92. The molecule has 4 nitrogen and oxygen atoms in total. The van der Waals surface area contributed by atoms with Gasteiger partial charge in [0, 0.05) is 6.04 Å². The summed E-state index contributed by atoms with van der Waals surface area (Å²) in [6, 6.07) is 0.218. The van der Waals surface area contributed by atoms with E-state index < -0.39 is 17.8 Å². The van der Waals surface area contributed by atoms with E-state index in [1.165, 1.54) is 0 Å². The zero-order chi connectivity index (χ0) is 12.6. The molecule has 2 N–H and O–H groups in total. The number of carbonyl (C=O) groups is 2. The van der Waals surface area contributed by atoms with Crippen LogP contribution in [0.4, 0.5) is 0 Å². The predicted molar refractivity (Wildman–Crippen MR) is 63.3 cm³/mol. The molecule has 0 bridgehead atoms. The molecule has 2 rings (SSSR count). The van der Waals surface area contributed by atoms with Gasteiger partial charge in [0.25, 0.3) is 0 Å². The van der Waals surface area contributed by atoms with Crippen LogP contribution in [0.2, 0.25) is 0 Å². The SMILES string of the molecule is CC1(C)CC1NC(=O)C1CC=CCC1C(=O)O. The highest BCUT2D eigenvalue weighted by molar-refractivity contribution is 5.85. The van der Waals surface area contributed by atoms with Gasteiger partial charge >= 0.3 is 5.97 Å². The van der Waals surface area contributed by atoms with Crippen LogP contribution in [0.5, 0.6) is 0 Å². The first-order valence-corrected chi connectivity index (χ1v) is 6.10. The molecule has 0 aromatic carbocycles. The van der Waals surface area contributed by atoms with Crippen molar-refractivity contribution in [1.82, 2.24) is 5.32 Å². The summed E-state index contributed by atoms with van der Waals surface area (Å²) in [6.07, 6.45) is 5.74. The Labute approximate surface area is 101 Å². The van der Waals surface area contributed by atoms with Gasteiger partial charge in [-0.2, -0.15) is 0 Å². The highest BCUT2D eigenvalue weighted by Gasteiger charge is 2.48. The Kier molecular flexibility index (Phi) is 2.98. The van der Waals surface area contributed by atoms with E-state index in [1.807, 2.05) is 12.2 Å². The minimum atomic E-state index is -0.871. The van der Waals surface area contributed by atoms with Crippen molar-refractivity contribution < 1.29 is 14.7 Å². The number of nitrogens with one attached hydrogen (secondary N) is 1. The lowest BCUT2D eigenvalue weighted by molar-refractivity contribution is -0.147. The van der Waals surface area contributed by atoms with Crippen molar-refractivity contribution in [2.45, 2.75) is 39.2 Å². The van der Waals surface area contributed by atoms with E-state index in [-0.39, 0.29) is 17.4 Å². The predicted octanol–water partition coefficient (Wildman–Crippen LogP) is 1.57. The third kappa shape index (κ3) is 2.51. The van der Waals surface area contributed by atoms with Gasteiger partial charge in [-0.05, 0) is 24.7 Å². The maximum Gasteiger partial charge on any atom is 0.307 e. The first kappa shape index (κ1) is 12.1. The number of carboxylic acid groups (broad SMARTS) is 1. The molecule has 0 radical (unpaired) electrons. The largest absolute Gasteiger partial charge is 0.481 e. The van der Waals surface area contributed by atoms with E-state index >= 15 is 0 Å². The molecule has 0 aliphatic heterocycles. The maximum absolute atomic E-state index is 12.0. The van der Waals surface area contributed by atoms with Gasteiger partial charge in [-0.25, -0.2) is 0 Å². The molecular formula is C13H19NO3. The molecule has 2 aliphatic rings. The summed E-state index contributed by atoms with van der Waals surface area (Å²) >= 11 is 0. The zero-order valence-electron chi connectivity index (χ0n) is 10.3. The number of carbonyl (C=O) groups excluding carboxylic acids is 1. The van der Waals surface area contributed by atoms with Crippen LogP contribution in [-0.4, -0.2) is 23.0 Å². The quantitative estimate of drug-likeness (QED) is 0.732. The van der Waals surface area contributed by atoms with Crippen molar-refractivity contribution in [2.24, 2.45) is 17.3 Å². The van der Waals surface area contributed by atoms with E-state index in [2.05, 4.69) is 19.2 Å². The molecule has 1 saturated carbocycles. The van der Waals surface area contributed by atoms with E-state index in [4.69, 9.17) is 5.11 Å². The Morgan fingerprint density at radius 2 is 1.76 bits per heavy atom. The van der Waals surface area contributed by atoms with Crippen LogP contribution in [-0.2, 0) is 9.59 Å². The van der Waals surface area contributed by atoms with Crippen molar-refractivity contribution in [1.29, 1.82) is 0 Å². The van der Waals surface area contributed by atoms with Crippen LogP contribution >= 0.6 is 0 Å². The van der Waals surface area contributed by atoms with Crippen molar-refractivity contribution >= 4 is 11.9 Å². The minimum Gasteiger partial charge on any atom is -0.481 e. The summed E-state index contributed by atoms with van der Waals surface area (Å²) in [7, 11) is 0. The van der Waals surface area contributed by atoms with Crippen LogP contribution in [0.3, 0.4) is 0 Å². The zero-order valence-corrected chi connectivity index (χ0v) is 10.3. The molecule has 0 heterocycles. The lowest BCUT2D eigenvalue weighted by atomic mass is 9.82. The molecule has 3 atom stereocenters. The topological polar surface area (TPSA) is 66.4 Å². The number of rotatable bonds is 3. The van der Waals surface area contributed by atoms with Crippen LogP contribution in [0, 0.1) is 17.3 Å². The standard InChI is InChI=1S/C13H19NO3/c1-13(2)7-10(13)14-11(15)8-5-3-4-6-9(8)12(16)17/h3-4,8-10H,5-7H2,1-2H3,(H,14,15)(H,16,17). The van der Waals surface area contributed by atoms with E-state index in [1.54, 1.807) is 0 Å². The number of allylic oxidation sites excluding steroid dienone is 2. The Hall–Kier alpha value is -1.32. The maximum atomic E-state index is 12.0. The molecule has 17 heavy (non-hydrogen) atoms. The average molecular weight is 237 g/mol. The van der Waals surface area contributed by atoms with Gasteiger partial charge in [0.05, 0.1) is 11.8 Å². The van der Waals surface area contributed by atoms with E-state index in [0.29, 0.717) is 12.8 Å². The Morgan fingerprint density at radius 1 is 1.24 bits per heavy atom. The lowest BCUT2D eigenvalue weighted by Gasteiger charge is -2.24. The van der Waals surface area contributed by atoms with Crippen LogP contribution in [0.25, 0.3) is 0 Å². The van der Waals surface area contributed by atoms with Crippen LogP contribution in [0.15, 0.2) is 12.2 Å². The number of amides is 1. The van der Waals surface area contributed by atoms with Crippen molar-refractivity contribution in [3.05, 3.63) is 12.2 Å². The van der Waals surface area contributed by atoms with Gasteiger partial charge in [-0.3, -0.25) is 9.59 Å². The fraction of sp³-hybridized carbons (Fsp3) is 0.692. The summed E-state index contributed by atoms with van der Waals surface area (Å²) in [5, 5.41) is 12.1. The van der Waals surface area contributed by atoms with Gasteiger partial charge in [0.1, 0.15) is 0 Å². The monoisotopic (exact) mass is 237 g/mol. The smallest absolute Gasteiger partial charge is 0.307 e. The van der Waals surface area contributed by atoms with Gasteiger partial charge < -0.3 is 10.4 Å². The Bertz CT molecular complexity index is 373. The molecule has 0 spiro atoms. The summed E-state index contributed by atoms with van der Waals surface area (Å²) in [5.41, 5.74) is 0.179. The highest BCUT2D eigenvalue weighted by Crippen LogP contribution is 2.45. The third-order valence-electron chi connectivity index (χ3n) is 3.92. The van der Waals surface area contributed by atoms with Crippen molar-refractivity contribution in [2.75, 3.05) is 0 Å². The molecule has 2 aliphatic carbocycles. The van der Waals surface area contributed by atoms with E-state index in [9.17, 15) is 9.59 Å². The van der Waals surface area contributed by atoms with Crippen LogP contribution < -0.4 is 5.32 Å². The second kappa shape index (κ2) is 4.17. The molecular weight excluding hydrogens is 218 g/mol. The lowest BCUT2D eigenvalue weighted by Crippen LogP contribution is -2.40. The summed E-state index contributed by atoms with van der Waals surface area (Å²) < 4.78 is 0.